The minimum atomic E-state index is -6.39. The molecule has 0 N–H and O–H groups in total. The summed E-state index contributed by atoms with van der Waals surface area (Å²) in [6, 6.07) is 2.95. The first-order chi connectivity index (χ1) is 8.45. The lowest BCUT2D eigenvalue weighted by Gasteiger charge is -2.20. The molecule has 0 saturated carbocycles. The maximum atomic E-state index is 12.5. The number of pyridine rings is 1. The summed E-state index contributed by atoms with van der Waals surface area (Å²) in [6.07, 6.45) is -7.83. The van der Waals surface area contributed by atoms with E-state index in [1.807, 2.05) is 0 Å². The van der Waals surface area contributed by atoms with Crippen molar-refractivity contribution in [1.82, 2.24) is 4.98 Å². The fourth-order valence-electron chi connectivity index (χ4n) is 0.984. The molecule has 0 spiro atoms. The average Bonchev–Trinajstić information content (AvgIpc) is 2.24. The van der Waals surface area contributed by atoms with E-state index in [0.29, 0.717) is 6.07 Å². The summed E-state index contributed by atoms with van der Waals surface area (Å²) in [5.74, 6) is 0. The van der Waals surface area contributed by atoms with Gasteiger partial charge in [-0.15, -0.1) is 0 Å². The third-order valence-corrected chi connectivity index (χ3v) is 2.77. The second-order valence-electron chi connectivity index (χ2n) is 3.17. The SMILES string of the molecule is O=S(=O)(OC(c1ccccn1)C(F)(F)F)C(F)(F)F. The molecular weight excluding hydrogens is 304 g/mol. The smallest absolute Gasteiger partial charge is 0.258 e. The number of nitrogens with zero attached hydrogens (tertiary/aromatic N) is 1. The molecule has 1 atom stereocenters. The van der Waals surface area contributed by atoms with Crippen molar-refractivity contribution in [2.24, 2.45) is 0 Å². The van der Waals surface area contributed by atoms with Gasteiger partial charge in [0.25, 0.3) is 0 Å². The van der Waals surface area contributed by atoms with E-state index < -0.39 is 33.6 Å². The summed E-state index contributed by atoms with van der Waals surface area (Å²) in [5, 5.41) is 0. The quantitative estimate of drug-likeness (QED) is 0.489. The van der Waals surface area contributed by atoms with Crippen LogP contribution >= 0.6 is 0 Å². The minimum absolute atomic E-state index is 0.698. The minimum Gasteiger partial charge on any atom is -0.258 e. The van der Waals surface area contributed by atoms with Crippen LogP contribution in [0.5, 0.6) is 0 Å². The lowest BCUT2D eigenvalue weighted by Crippen LogP contribution is -2.33. The fraction of sp³-hybridized carbons (Fsp3) is 0.375. The monoisotopic (exact) mass is 309 g/mol. The largest absolute Gasteiger partial charge is 0.523 e. The Morgan fingerprint density at radius 1 is 1.11 bits per heavy atom. The van der Waals surface area contributed by atoms with E-state index in [1.165, 1.54) is 6.07 Å². The normalized spacial score (nSPS) is 15.3. The average molecular weight is 309 g/mol. The molecule has 0 aliphatic heterocycles. The molecule has 0 bridgehead atoms. The fourth-order valence-corrected chi connectivity index (χ4v) is 1.55. The van der Waals surface area contributed by atoms with Gasteiger partial charge in [0.2, 0.25) is 6.10 Å². The Kier molecular flexibility index (Phi) is 4.10. The Balaban J connectivity index is 3.17. The van der Waals surface area contributed by atoms with E-state index in [1.54, 1.807) is 0 Å². The molecule has 108 valence electrons. The highest BCUT2D eigenvalue weighted by molar-refractivity contribution is 7.87. The first-order valence-corrected chi connectivity index (χ1v) is 5.83. The van der Waals surface area contributed by atoms with Gasteiger partial charge in [0, 0.05) is 6.20 Å². The van der Waals surface area contributed by atoms with Crippen LogP contribution in [0.4, 0.5) is 26.3 Å². The van der Waals surface area contributed by atoms with Crippen LogP contribution in [-0.4, -0.2) is 25.1 Å². The summed E-state index contributed by atoms with van der Waals surface area (Å²) >= 11 is 0. The van der Waals surface area contributed by atoms with Gasteiger partial charge in [-0.05, 0) is 12.1 Å². The van der Waals surface area contributed by atoms with Crippen molar-refractivity contribution in [2.45, 2.75) is 17.8 Å². The highest BCUT2D eigenvalue weighted by Gasteiger charge is 2.54. The summed E-state index contributed by atoms with van der Waals surface area (Å²) in [5.41, 5.74) is -6.95. The van der Waals surface area contributed by atoms with Crippen LogP contribution in [0.15, 0.2) is 24.4 Å². The standard InChI is InChI=1S/C8H5F6NO3S/c9-7(10,11)6(5-3-1-2-4-15-5)18-19(16,17)8(12,13)14/h1-4,6H. The Hall–Kier alpha value is -1.36. The number of hydrogen-bond donors (Lipinski definition) is 0. The molecule has 0 aliphatic carbocycles. The van der Waals surface area contributed by atoms with Gasteiger partial charge >= 0.3 is 21.8 Å². The Bertz CT molecular complexity index is 524. The molecule has 0 amide bonds. The first kappa shape index (κ1) is 15.7. The lowest BCUT2D eigenvalue weighted by molar-refractivity contribution is -0.201. The highest BCUT2D eigenvalue weighted by atomic mass is 32.2. The van der Waals surface area contributed by atoms with Crippen LogP contribution in [0.25, 0.3) is 0 Å². The van der Waals surface area contributed by atoms with E-state index >= 15 is 0 Å². The van der Waals surface area contributed by atoms with Crippen molar-refractivity contribution in [2.75, 3.05) is 0 Å². The van der Waals surface area contributed by atoms with E-state index in [9.17, 15) is 34.8 Å². The number of halogens is 6. The molecule has 11 heteroatoms. The van der Waals surface area contributed by atoms with E-state index in [2.05, 4.69) is 9.17 Å². The topological polar surface area (TPSA) is 56.3 Å². The zero-order valence-corrected chi connectivity index (χ0v) is 9.55. The van der Waals surface area contributed by atoms with Crippen LogP contribution < -0.4 is 0 Å². The summed E-state index contributed by atoms with van der Waals surface area (Å²) < 4.78 is 98.0. The lowest BCUT2D eigenvalue weighted by atomic mass is 10.2. The molecule has 0 aromatic carbocycles. The number of rotatable bonds is 3. The zero-order chi connectivity index (χ0) is 14.9. The Labute approximate surface area is 103 Å². The summed E-state index contributed by atoms with van der Waals surface area (Å²) in [6.45, 7) is 0. The van der Waals surface area contributed by atoms with Crippen molar-refractivity contribution < 1.29 is 38.9 Å². The summed E-state index contributed by atoms with van der Waals surface area (Å²) in [7, 11) is -6.39. The second kappa shape index (κ2) is 4.96. The van der Waals surface area contributed by atoms with Gasteiger partial charge in [0.15, 0.2) is 0 Å². The molecule has 19 heavy (non-hydrogen) atoms. The van der Waals surface area contributed by atoms with Gasteiger partial charge in [-0.3, -0.25) is 4.98 Å². The molecular formula is C8H5F6NO3S. The van der Waals surface area contributed by atoms with Crippen molar-refractivity contribution in [3.63, 3.8) is 0 Å². The van der Waals surface area contributed by atoms with Crippen molar-refractivity contribution in [3.05, 3.63) is 30.1 Å². The van der Waals surface area contributed by atoms with E-state index in [-0.39, 0.29) is 0 Å². The number of aromatic nitrogens is 1. The van der Waals surface area contributed by atoms with Crippen molar-refractivity contribution >= 4 is 10.1 Å². The third kappa shape index (κ3) is 3.80. The first-order valence-electron chi connectivity index (χ1n) is 4.42. The Morgan fingerprint density at radius 3 is 2.05 bits per heavy atom. The van der Waals surface area contributed by atoms with Gasteiger partial charge in [0.05, 0.1) is 5.69 Å². The van der Waals surface area contributed by atoms with Crippen LogP contribution in [0.1, 0.15) is 11.8 Å². The second-order valence-corrected chi connectivity index (χ2v) is 4.74. The predicted octanol–water partition coefficient (Wildman–Crippen LogP) is 2.55. The molecule has 0 saturated heterocycles. The van der Waals surface area contributed by atoms with Crippen molar-refractivity contribution in [3.8, 4) is 0 Å². The van der Waals surface area contributed by atoms with Gasteiger partial charge < -0.3 is 0 Å². The third-order valence-electron chi connectivity index (χ3n) is 1.76. The number of alkyl halides is 6. The van der Waals surface area contributed by atoms with Gasteiger partial charge in [-0.25, -0.2) is 4.18 Å². The molecule has 0 aliphatic rings. The predicted molar refractivity (Wildman–Crippen MR) is 49.1 cm³/mol. The molecule has 1 unspecified atom stereocenters. The highest BCUT2D eigenvalue weighted by Crippen LogP contribution is 2.39. The van der Waals surface area contributed by atoms with E-state index in [4.69, 9.17) is 0 Å². The van der Waals surface area contributed by atoms with Gasteiger partial charge in [-0.1, -0.05) is 6.07 Å². The maximum Gasteiger partial charge on any atom is 0.523 e. The molecule has 1 aromatic heterocycles. The van der Waals surface area contributed by atoms with Gasteiger partial charge in [0.1, 0.15) is 0 Å². The molecule has 4 nitrogen and oxygen atoms in total. The maximum absolute atomic E-state index is 12.5. The molecule has 1 rings (SSSR count). The number of hydrogen-bond acceptors (Lipinski definition) is 4. The zero-order valence-electron chi connectivity index (χ0n) is 8.73. The summed E-state index contributed by atoms with van der Waals surface area (Å²) in [4.78, 5) is 3.13. The molecule has 0 radical (unpaired) electrons. The van der Waals surface area contributed by atoms with Crippen LogP contribution in [-0.2, 0) is 14.3 Å². The van der Waals surface area contributed by atoms with Gasteiger partial charge in [-0.2, -0.15) is 34.8 Å². The molecule has 0 fully saturated rings. The molecule has 1 aromatic rings. The van der Waals surface area contributed by atoms with Crippen LogP contribution in [0.2, 0.25) is 0 Å². The molecule has 1 heterocycles. The Morgan fingerprint density at radius 2 is 1.68 bits per heavy atom. The van der Waals surface area contributed by atoms with Crippen molar-refractivity contribution in [1.29, 1.82) is 0 Å². The van der Waals surface area contributed by atoms with Crippen LogP contribution in [0.3, 0.4) is 0 Å². The van der Waals surface area contributed by atoms with Crippen LogP contribution in [0, 0.1) is 0 Å². The van der Waals surface area contributed by atoms with E-state index in [0.717, 1.165) is 12.3 Å².